The van der Waals surface area contributed by atoms with Crippen molar-refractivity contribution in [2.75, 3.05) is 38.7 Å². The number of nitrogens with zero attached hydrogens (tertiary/aromatic N) is 2. The number of hydrogen-bond donors (Lipinski definition) is 2. The lowest BCUT2D eigenvalue weighted by Crippen LogP contribution is -2.31. The molecular formula is C20H21N3O6. The number of carbonyl (C=O) groups is 3. The van der Waals surface area contributed by atoms with Gasteiger partial charge in [0, 0.05) is 17.6 Å². The maximum atomic E-state index is 12.7. The van der Waals surface area contributed by atoms with Crippen LogP contribution in [0.25, 0.3) is 10.9 Å². The number of amides is 1. The molecular weight excluding hydrogens is 378 g/mol. The number of rotatable bonds is 7. The number of methoxy groups -OCH3 is 1. The Bertz CT molecular complexity index is 1000. The van der Waals surface area contributed by atoms with Gasteiger partial charge in [0.1, 0.15) is 11.4 Å². The number of aliphatic hydroxyl groups excluding tert-OH is 1. The number of benzene rings is 1. The van der Waals surface area contributed by atoms with Crippen LogP contribution in [0.1, 0.15) is 17.4 Å². The summed E-state index contributed by atoms with van der Waals surface area (Å²) in [5.74, 6) is -1.55. The van der Waals surface area contributed by atoms with E-state index in [2.05, 4.69) is 10.3 Å². The van der Waals surface area contributed by atoms with Gasteiger partial charge >= 0.3 is 11.9 Å². The summed E-state index contributed by atoms with van der Waals surface area (Å²) in [6.45, 7) is 1.89. The second kappa shape index (κ2) is 8.70. The Hall–Kier alpha value is -3.46. The number of fused-ring (bicyclic) bond motifs is 1. The number of β-amino-alcohol motifs (C(OH)–C–C–N with tert-alkyl or cyclic N) is 1. The summed E-state index contributed by atoms with van der Waals surface area (Å²) in [4.78, 5) is 42.4. The summed E-state index contributed by atoms with van der Waals surface area (Å²) < 4.78 is 9.76. The standard InChI is InChI=1S/C20H21N3O6/c1-3-29-20(27)16-8-7-12-14(21-16)5-4-6-15(12)22-17-13(19(26)28-2)11-23(9-10-24)18(17)25/h4-8,22,24H,3,9-11H2,1-2H3. The van der Waals surface area contributed by atoms with Gasteiger partial charge in [-0.3, -0.25) is 4.79 Å². The van der Waals surface area contributed by atoms with E-state index in [9.17, 15) is 14.4 Å². The third-order valence-corrected chi connectivity index (χ3v) is 4.43. The average molecular weight is 399 g/mol. The maximum Gasteiger partial charge on any atom is 0.356 e. The fourth-order valence-corrected chi connectivity index (χ4v) is 3.07. The van der Waals surface area contributed by atoms with E-state index < -0.39 is 17.8 Å². The van der Waals surface area contributed by atoms with Crippen molar-refractivity contribution in [2.24, 2.45) is 0 Å². The lowest BCUT2D eigenvalue weighted by Gasteiger charge is -2.15. The van der Waals surface area contributed by atoms with Crippen LogP contribution in [0, 0.1) is 0 Å². The van der Waals surface area contributed by atoms with Gasteiger partial charge in [-0.1, -0.05) is 6.07 Å². The molecule has 1 aromatic carbocycles. The lowest BCUT2D eigenvalue weighted by molar-refractivity contribution is -0.136. The SMILES string of the molecule is CCOC(=O)c1ccc2c(NC3=C(C(=O)OC)CN(CCO)C3=O)cccc2n1. The number of hydrogen-bond acceptors (Lipinski definition) is 8. The predicted octanol–water partition coefficient (Wildman–Crippen LogP) is 1.08. The molecule has 1 aromatic heterocycles. The summed E-state index contributed by atoms with van der Waals surface area (Å²) in [5.41, 5.74) is 1.52. The molecule has 0 fully saturated rings. The number of aromatic nitrogens is 1. The highest BCUT2D eigenvalue weighted by atomic mass is 16.5. The molecule has 0 saturated carbocycles. The molecule has 0 spiro atoms. The average Bonchev–Trinajstić information content (AvgIpc) is 3.03. The molecule has 9 heteroatoms. The van der Waals surface area contributed by atoms with E-state index in [0.717, 1.165) is 0 Å². The third-order valence-electron chi connectivity index (χ3n) is 4.43. The second-order valence-corrected chi connectivity index (χ2v) is 6.21. The monoisotopic (exact) mass is 399 g/mol. The highest BCUT2D eigenvalue weighted by Crippen LogP contribution is 2.27. The van der Waals surface area contributed by atoms with Gasteiger partial charge in [-0.15, -0.1) is 0 Å². The topological polar surface area (TPSA) is 118 Å². The summed E-state index contributed by atoms with van der Waals surface area (Å²) >= 11 is 0. The number of pyridine rings is 1. The van der Waals surface area contributed by atoms with E-state index in [4.69, 9.17) is 14.6 Å². The molecule has 1 aliphatic heterocycles. The molecule has 9 nitrogen and oxygen atoms in total. The van der Waals surface area contributed by atoms with Crippen molar-refractivity contribution in [3.05, 3.63) is 47.3 Å². The zero-order valence-electron chi connectivity index (χ0n) is 16.1. The normalized spacial score (nSPS) is 13.8. The van der Waals surface area contributed by atoms with Crippen molar-refractivity contribution in [1.29, 1.82) is 0 Å². The van der Waals surface area contributed by atoms with Crippen molar-refractivity contribution in [2.45, 2.75) is 6.92 Å². The molecule has 3 rings (SSSR count). The molecule has 0 unspecified atom stereocenters. The third kappa shape index (κ3) is 4.04. The largest absolute Gasteiger partial charge is 0.466 e. The molecule has 0 bridgehead atoms. The number of esters is 2. The van der Waals surface area contributed by atoms with Crippen LogP contribution >= 0.6 is 0 Å². The number of ether oxygens (including phenoxy) is 2. The minimum absolute atomic E-state index is 0.0461. The minimum Gasteiger partial charge on any atom is -0.466 e. The first-order valence-electron chi connectivity index (χ1n) is 9.05. The smallest absolute Gasteiger partial charge is 0.356 e. The van der Waals surface area contributed by atoms with E-state index in [1.165, 1.54) is 18.1 Å². The van der Waals surface area contributed by atoms with Gasteiger partial charge in [0.2, 0.25) is 0 Å². The molecule has 0 atom stereocenters. The van der Waals surface area contributed by atoms with Crippen LogP contribution in [0.2, 0.25) is 0 Å². The molecule has 152 valence electrons. The molecule has 1 amide bonds. The Balaban J connectivity index is 1.98. The van der Waals surface area contributed by atoms with E-state index >= 15 is 0 Å². The van der Waals surface area contributed by atoms with E-state index in [1.807, 2.05) is 0 Å². The molecule has 0 radical (unpaired) electrons. The number of nitrogens with one attached hydrogen (secondary N) is 1. The first-order chi connectivity index (χ1) is 14.0. The molecule has 2 heterocycles. The first-order valence-corrected chi connectivity index (χ1v) is 9.05. The van der Waals surface area contributed by atoms with Crippen LogP contribution in [-0.4, -0.2) is 66.2 Å². The maximum absolute atomic E-state index is 12.7. The minimum atomic E-state index is -0.621. The van der Waals surface area contributed by atoms with Crippen LogP contribution in [-0.2, 0) is 19.1 Å². The fraction of sp³-hybridized carbons (Fsp3) is 0.300. The van der Waals surface area contributed by atoms with Gasteiger partial charge in [-0.25, -0.2) is 14.6 Å². The summed E-state index contributed by atoms with van der Waals surface area (Å²) in [6, 6.07) is 8.41. The molecule has 29 heavy (non-hydrogen) atoms. The molecule has 2 N–H and O–H groups in total. The van der Waals surface area contributed by atoms with E-state index in [1.54, 1.807) is 31.2 Å². The zero-order valence-corrected chi connectivity index (χ0v) is 16.1. The Labute approximate surface area is 166 Å². The van der Waals surface area contributed by atoms with Crippen molar-refractivity contribution >= 4 is 34.4 Å². The van der Waals surface area contributed by atoms with Crippen molar-refractivity contribution in [3.63, 3.8) is 0 Å². The highest BCUT2D eigenvalue weighted by Gasteiger charge is 2.34. The molecule has 2 aromatic rings. The van der Waals surface area contributed by atoms with Crippen LogP contribution in [0.15, 0.2) is 41.6 Å². The van der Waals surface area contributed by atoms with Gasteiger partial charge in [0.25, 0.3) is 5.91 Å². The van der Waals surface area contributed by atoms with Gasteiger partial charge in [-0.05, 0) is 31.2 Å². The highest BCUT2D eigenvalue weighted by molar-refractivity contribution is 6.10. The van der Waals surface area contributed by atoms with Gasteiger partial charge < -0.3 is 24.8 Å². The summed E-state index contributed by atoms with van der Waals surface area (Å²) in [5, 5.41) is 12.8. The zero-order chi connectivity index (χ0) is 21.0. The number of carbonyl (C=O) groups excluding carboxylic acids is 3. The van der Waals surface area contributed by atoms with Crippen molar-refractivity contribution in [1.82, 2.24) is 9.88 Å². The van der Waals surface area contributed by atoms with Crippen molar-refractivity contribution < 1.29 is 29.0 Å². The quantitative estimate of drug-likeness (QED) is 0.664. The van der Waals surface area contributed by atoms with Crippen LogP contribution in [0.3, 0.4) is 0 Å². The van der Waals surface area contributed by atoms with Crippen LogP contribution < -0.4 is 5.32 Å². The van der Waals surface area contributed by atoms with E-state index in [-0.39, 0.29) is 43.3 Å². The molecule has 0 aliphatic carbocycles. The summed E-state index contributed by atoms with van der Waals surface area (Å²) in [7, 11) is 1.24. The number of aliphatic hydroxyl groups is 1. The Morgan fingerprint density at radius 3 is 2.72 bits per heavy atom. The van der Waals surface area contributed by atoms with Crippen LogP contribution in [0.4, 0.5) is 5.69 Å². The van der Waals surface area contributed by atoms with Crippen LogP contribution in [0.5, 0.6) is 0 Å². The van der Waals surface area contributed by atoms with Crippen molar-refractivity contribution in [3.8, 4) is 0 Å². The lowest BCUT2D eigenvalue weighted by atomic mass is 10.1. The predicted molar refractivity (Wildman–Crippen MR) is 104 cm³/mol. The fourth-order valence-electron chi connectivity index (χ4n) is 3.07. The Kier molecular flexibility index (Phi) is 6.08. The van der Waals surface area contributed by atoms with Gasteiger partial charge in [-0.2, -0.15) is 0 Å². The van der Waals surface area contributed by atoms with Gasteiger partial charge in [0.05, 0.1) is 38.0 Å². The number of anilines is 1. The second-order valence-electron chi connectivity index (χ2n) is 6.21. The van der Waals surface area contributed by atoms with E-state index in [0.29, 0.717) is 16.6 Å². The Morgan fingerprint density at radius 1 is 1.24 bits per heavy atom. The first kappa shape index (κ1) is 20.3. The molecule has 0 saturated heterocycles. The summed E-state index contributed by atoms with van der Waals surface area (Å²) in [6.07, 6.45) is 0. The Morgan fingerprint density at radius 2 is 2.03 bits per heavy atom. The van der Waals surface area contributed by atoms with Gasteiger partial charge in [0.15, 0.2) is 0 Å². The molecule has 1 aliphatic rings.